The summed E-state index contributed by atoms with van der Waals surface area (Å²) in [6.45, 7) is 4.38. The van der Waals surface area contributed by atoms with Gasteiger partial charge in [0.05, 0.1) is 46.2 Å². The maximum absolute atomic E-state index is 12.3. The summed E-state index contributed by atoms with van der Waals surface area (Å²) in [6.07, 6.45) is -6.44. The van der Waals surface area contributed by atoms with Crippen molar-refractivity contribution in [2.24, 2.45) is 0 Å². The molecule has 0 spiro atoms. The van der Waals surface area contributed by atoms with Crippen LogP contribution in [0.3, 0.4) is 0 Å². The molecule has 0 radical (unpaired) electrons. The fourth-order valence-electron chi connectivity index (χ4n) is 4.36. The van der Waals surface area contributed by atoms with Crippen LogP contribution in [0.2, 0.25) is 0 Å². The highest BCUT2D eigenvalue weighted by atomic mass is 16.7. The van der Waals surface area contributed by atoms with E-state index in [1.807, 2.05) is 42.3 Å². The van der Waals surface area contributed by atoms with Crippen LogP contribution in [0.4, 0.5) is 5.69 Å². The fourth-order valence-corrected chi connectivity index (χ4v) is 4.36. The SMILES string of the molecule is CC(=O)c1ccc2cc(N(C)CC(=O)NCCOCCOCCNCCOC3OC(CO)C(O)C(O)C3O)ccc2c1. The van der Waals surface area contributed by atoms with Crippen molar-refractivity contribution in [1.29, 1.82) is 0 Å². The highest BCUT2D eigenvalue weighted by Crippen LogP contribution is 2.23. The molecule has 0 aromatic heterocycles. The number of hydrogen-bond donors (Lipinski definition) is 6. The Morgan fingerprint density at radius 3 is 2.26 bits per heavy atom. The Balaban J connectivity index is 1.17. The molecule has 42 heavy (non-hydrogen) atoms. The number of nitrogens with one attached hydrogen (secondary N) is 2. The van der Waals surface area contributed by atoms with E-state index in [1.54, 1.807) is 13.0 Å². The largest absolute Gasteiger partial charge is 0.394 e. The fraction of sp³-hybridized carbons (Fsp3) is 0.586. The van der Waals surface area contributed by atoms with Gasteiger partial charge in [0.15, 0.2) is 12.1 Å². The Hall–Kier alpha value is -2.72. The molecule has 5 unspecified atom stereocenters. The molecular weight excluding hydrogens is 550 g/mol. The van der Waals surface area contributed by atoms with Gasteiger partial charge in [-0.3, -0.25) is 9.59 Å². The molecule has 0 bridgehead atoms. The lowest BCUT2D eigenvalue weighted by Gasteiger charge is -2.39. The minimum absolute atomic E-state index is 0.0254. The first kappa shape index (κ1) is 33.8. The van der Waals surface area contributed by atoms with E-state index < -0.39 is 37.3 Å². The summed E-state index contributed by atoms with van der Waals surface area (Å²) in [7, 11) is 1.85. The highest BCUT2D eigenvalue weighted by Gasteiger charge is 2.43. The second-order valence-corrected chi connectivity index (χ2v) is 10.1. The van der Waals surface area contributed by atoms with E-state index >= 15 is 0 Å². The maximum Gasteiger partial charge on any atom is 0.239 e. The van der Waals surface area contributed by atoms with Gasteiger partial charge >= 0.3 is 0 Å². The zero-order valence-electron chi connectivity index (χ0n) is 24.1. The predicted octanol–water partition coefficient (Wildman–Crippen LogP) is -0.966. The average Bonchev–Trinajstić information content (AvgIpc) is 2.98. The summed E-state index contributed by atoms with van der Waals surface area (Å²) in [5.41, 5.74) is 1.57. The molecular formula is C29H43N3O10. The van der Waals surface area contributed by atoms with E-state index in [9.17, 15) is 30.0 Å². The number of rotatable bonds is 18. The second kappa shape index (κ2) is 17.4. The van der Waals surface area contributed by atoms with Gasteiger partial charge in [0, 0.05) is 37.9 Å². The number of benzene rings is 2. The molecule has 1 aliphatic heterocycles. The highest BCUT2D eigenvalue weighted by molar-refractivity contribution is 5.99. The minimum Gasteiger partial charge on any atom is -0.394 e. The number of aliphatic hydroxyl groups excluding tert-OH is 4. The number of Topliss-reactive ketones (excluding diaryl/α,β-unsaturated/α-hetero) is 1. The average molecular weight is 594 g/mol. The standard InChI is InChI=1S/C29H43N3O10/c1-19(34)20-3-4-22-16-23(6-5-21(22)15-20)32(2)17-25(35)31-9-11-40-14-13-39-10-7-30-8-12-41-29-28(38)27(37)26(36)24(18-33)42-29/h3-6,15-16,24,26-30,33,36-38H,7-14,17-18H2,1-2H3,(H,31,35). The Morgan fingerprint density at radius 1 is 0.881 bits per heavy atom. The Labute approximate surface area is 245 Å². The van der Waals surface area contributed by atoms with Gasteiger partial charge in [-0.05, 0) is 35.9 Å². The Morgan fingerprint density at radius 2 is 1.55 bits per heavy atom. The maximum atomic E-state index is 12.3. The molecule has 1 heterocycles. The lowest BCUT2D eigenvalue weighted by molar-refractivity contribution is -0.300. The van der Waals surface area contributed by atoms with Gasteiger partial charge in [0.25, 0.3) is 0 Å². The van der Waals surface area contributed by atoms with E-state index in [-0.39, 0.29) is 24.8 Å². The molecule has 0 saturated carbocycles. The molecule has 234 valence electrons. The third-order valence-corrected chi connectivity index (χ3v) is 6.83. The Kier molecular flexibility index (Phi) is 14.0. The van der Waals surface area contributed by atoms with Crippen molar-refractivity contribution in [2.45, 2.75) is 37.6 Å². The number of likely N-dealkylation sites (N-methyl/N-ethyl adjacent to an activating group) is 1. The molecule has 1 saturated heterocycles. The van der Waals surface area contributed by atoms with Crippen LogP contribution in [-0.2, 0) is 23.7 Å². The van der Waals surface area contributed by atoms with Crippen LogP contribution in [-0.4, -0.2) is 136 Å². The van der Waals surface area contributed by atoms with Crippen LogP contribution in [0.25, 0.3) is 10.8 Å². The number of hydrogen-bond acceptors (Lipinski definition) is 12. The number of carbonyl (C=O) groups is 2. The van der Waals surface area contributed by atoms with Gasteiger partial charge in [0.2, 0.25) is 5.91 Å². The number of nitrogens with zero attached hydrogens (tertiary/aromatic N) is 1. The molecule has 1 fully saturated rings. The lowest BCUT2D eigenvalue weighted by Crippen LogP contribution is -2.59. The number of ether oxygens (including phenoxy) is 4. The quantitative estimate of drug-likeness (QED) is 0.0922. The molecule has 3 rings (SSSR count). The summed E-state index contributed by atoms with van der Waals surface area (Å²) in [6, 6.07) is 11.4. The number of fused-ring (bicyclic) bond motifs is 1. The van der Waals surface area contributed by atoms with Crippen LogP contribution >= 0.6 is 0 Å². The van der Waals surface area contributed by atoms with Crippen LogP contribution in [0, 0.1) is 0 Å². The summed E-state index contributed by atoms with van der Waals surface area (Å²) in [5, 5.41) is 46.5. The van der Waals surface area contributed by atoms with Gasteiger partial charge in [-0.15, -0.1) is 0 Å². The van der Waals surface area contributed by atoms with E-state index in [0.29, 0.717) is 51.6 Å². The summed E-state index contributed by atoms with van der Waals surface area (Å²) in [5.74, 6) is -0.0940. The van der Waals surface area contributed by atoms with Crippen molar-refractivity contribution in [2.75, 3.05) is 77.8 Å². The molecule has 6 N–H and O–H groups in total. The van der Waals surface area contributed by atoms with Crippen LogP contribution in [0.15, 0.2) is 36.4 Å². The minimum atomic E-state index is -1.46. The van der Waals surface area contributed by atoms with Gasteiger partial charge in [-0.2, -0.15) is 0 Å². The monoisotopic (exact) mass is 593 g/mol. The van der Waals surface area contributed by atoms with Crippen LogP contribution in [0.5, 0.6) is 0 Å². The van der Waals surface area contributed by atoms with E-state index in [1.165, 1.54) is 0 Å². The first-order valence-electron chi connectivity index (χ1n) is 14.0. The molecule has 13 heteroatoms. The zero-order chi connectivity index (χ0) is 30.5. The topological polar surface area (TPSA) is 179 Å². The second-order valence-electron chi connectivity index (χ2n) is 10.1. The molecule has 1 aliphatic rings. The zero-order valence-corrected chi connectivity index (χ0v) is 24.1. The van der Waals surface area contributed by atoms with Gasteiger partial charge < -0.3 is 54.9 Å². The molecule has 2 aromatic rings. The molecule has 0 aliphatic carbocycles. The van der Waals surface area contributed by atoms with Crippen molar-refractivity contribution in [3.8, 4) is 0 Å². The van der Waals surface area contributed by atoms with Crippen LogP contribution < -0.4 is 15.5 Å². The predicted molar refractivity (Wildman–Crippen MR) is 154 cm³/mol. The van der Waals surface area contributed by atoms with Crippen molar-refractivity contribution in [3.63, 3.8) is 0 Å². The van der Waals surface area contributed by atoms with Crippen molar-refractivity contribution < 1.29 is 49.0 Å². The molecule has 13 nitrogen and oxygen atoms in total. The van der Waals surface area contributed by atoms with E-state index in [4.69, 9.17) is 18.9 Å². The molecule has 5 atom stereocenters. The van der Waals surface area contributed by atoms with Gasteiger partial charge in [0.1, 0.15) is 24.4 Å². The van der Waals surface area contributed by atoms with Gasteiger partial charge in [-0.1, -0.05) is 18.2 Å². The molecule has 1 amide bonds. The van der Waals surface area contributed by atoms with Crippen molar-refractivity contribution in [1.82, 2.24) is 10.6 Å². The Bertz CT molecular complexity index is 1130. The molecule has 2 aromatic carbocycles. The number of amides is 1. The van der Waals surface area contributed by atoms with E-state index in [2.05, 4.69) is 10.6 Å². The van der Waals surface area contributed by atoms with Gasteiger partial charge in [-0.25, -0.2) is 0 Å². The number of ketones is 1. The number of aliphatic hydroxyl groups is 4. The summed E-state index contributed by atoms with van der Waals surface area (Å²) in [4.78, 5) is 25.8. The third kappa shape index (κ3) is 10.2. The first-order chi connectivity index (χ1) is 20.2. The number of anilines is 1. The first-order valence-corrected chi connectivity index (χ1v) is 14.0. The lowest BCUT2D eigenvalue weighted by atomic mass is 9.99. The van der Waals surface area contributed by atoms with E-state index in [0.717, 1.165) is 16.5 Å². The third-order valence-electron chi connectivity index (χ3n) is 6.83. The normalized spacial score (nSPS) is 22.3. The van der Waals surface area contributed by atoms with Crippen molar-refractivity contribution >= 4 is 28.2 Å². The summed E-state index contributed by atoms with van der Waals surface area (Å²) < 4.78 is 21.6. The summed E-state index contributed by atoms with van der Waals surface area (Å²) >= 11 is 0. The smallest absolute Gasteiger partial charge is 0.239 e. The van der Waals surface area contributed by atoms with Crippen molar-refractivity contribution in [3.05, 3.63) is 42.0 Å². The number of carbonyl (C=O) groups excluding carboxylic acids is 2. The van der Waals surface area contributed by atoms with Crippen LogP contribution in [0.1, 0.15) is 17.3 Å².